The van der Waals surface area contributed by atoms with E-state index in [1.165, 1.54) is 11.1 Å². The van der Waals surface area contributed by atoms with Gasteiger partial charge in [0, 0.05) is 0 Å². The van der Waals surface area contributed by atoms with E-state index < -0.39 is 0 Å². The number of benzene rings is 1. The fourth-order valence-corrected chi connectivity index (χ4v) is 1.92. The summed E-state index contributed by atoms with van der Waals surface area (Å²) in [5.74, 6) is 1.09. The second kappa shape index (κ2) is 4.31. The number of hydrogen-bond acceptors (Lipinski definition) is 1. The van der Waals surface area contributed by atoms with Crippen molar-refractivity contribution in [2.45, 2.75) is 26.7 Å². The van der Waals surface area contributed by atoms with Crippen LogP contribution >= 0.6 is 0 Å². The summed E-state index contributed by atoms with van der Waals surface area (Å²) in [6, 6.07) is 6.32. The summed E-state index contributed by atoms with van der Waals surface area (Å²) in [5.41, 5.74) is 2.81. The van der Waals surface area contributed by atoms with Gasteiger partial charge < -0.3 is 4.43 Å². The van der Waals surface area contributed by atoms with E-state index in [1.54, 1.807) is 0 Å². The summed E-state index contributed by atoms with van der Waals surface area (Å²) in [7, 11) is 0.780. The maximum absolute atomic E-state index is 5.42. The summed E-state index contributed by atoms with van der Waals surface area (Å²) in [4.78, 5) is 0. The quantitative estimate of drug-likeness (QED) is 0.640. The molecular formula is C10H16OSi. The number of rotatable bonds is 3. The second-order valence-electron chi connectivity index (χ2n) is 2.81. The predicted octanol–water partition coefficient (Wildman–Crippen LogP) is 1.47. The molecule has 0 N–H and O–H groups in total. The Morgan fingerprint density at radius 2 is 2.00 bits per heavy atom. The van der Waals surface area contributed by atoms with Crippen molar-refractivity contribution in [3.05, 3.63) is 29.3 Å². The molecule has 1 aromatic rings. The van der Waals surface area contributed by atoms with Crippen LogP contribution in [0.3, 0.4) is 0 Å². The summed E-state index contributed by atoms with van der Waals surface area (Å²) < 4.78 is 5.42. The summed E-state index contributed by atoms with van der Waals surface area (Å²) >= 11 is 0. The van der Waals surface area contributed by atoms with E-state index in [0.717, 1.165) is 29.1 Å². The van der Waals surface area contributed by atoms with E-state index in [9.17, 15) is 0 Å². The summed E-state index contributed by atoms with van der Waals surface area (Å²) in [5, 5.41) is 0. The fraction of sp³-hybridized carbons (Fsp3) is 0.400. The highest BCUT2D eigenvalue weighted by Crippen LogP contribution is 2.22. The Kier molecular flexibility index (Phi) is 3.35. The lowest BCUT2D eigenvalue weighted by Crippen LogP contribution is -1.96. The molecule has 0 spiro atoms. The lowest BCUT2D eigenvalue weighted by Gasteiger charge is -2.11. The van der Waals surface area contributed by atoms with E-state index in [2.05, 4.69) is 32.0 Å². The van der Waals surface area contributed by atoms with Gasteiger partial charge in [-0.05, 0) is 30.0 Å². The molecule has 0 fully saturated rings. The molecule has 1 rings (SSSR count). The van der Waals surface area contributed by atoms with E-state index in [0.29, 0.717) is 0 Å². The van der Waals surface area contributed by atoms with Gasteiger partial charge in [0.05, 0.1) is 0 Å². The van der Waals surface area contributed by atoms with Crippen LogP contribution in [0.15, 0.2) is 18.2 Å². The minimum atomic E-state index is 0.780. The van der Waals surface area contributed by atoms with Crippen molar-refractivity contribution in [3.63, 3.8) is 0 Å². The van der Waals surface area contributed by atoms with Crippen LogP contribution in [0.4, 0.5) is 0 Å². The molecule has 66 valence electrons. The summed E-state index contributed by atoms with van der Waals surface area (Å²) in [6.45, 7) is 4.37. The topological polar surface area (TPSA) is 9.23 Å². The maximum Gasteiger partial charge on any atom is 0.204 e. The zero-order chi connectivity index (χ0) is 8.97. The van der Waals surface area contributed by atoms with Crippen LogP contribution in [0.2, 0.25) is 0 Å². The highest BCUT2D eigenvalue weighted by molar-refractivity contribution is 6.00. The number of hydrogen-bond donors (Lipinski definition) is 0. The molecule has 12 heavy (non-hydrogen) atoms. The molecule has 1 nitrogen and oxygen atoms in total. The Morgan fingerprint density at radius 3 is 2.50 bits per heavy atom. The van der Waals surface area contributed by atoms with Crippen LogP contribution < -0.4 is 4.43 Å². The third-order valence-electron chi connectivity index (χ3n) is 2.18. The van der Waals surface area contributed by atoms with Gasteiger partial charge in [-0.3, -0.25) is 0 Å². The molecule has 0 atom stereocenters. The van der Waals surface area contributed by atoms with Crippen LogP contribution in [-0.4, -0.2) is 10.5 Å². The molecule has 0 unspecified atom stereocenters. The van der Waals surface area contributed by atoms with E-state index in [1.807, 2.05) is 0 Å². The molecule has 0 bridgehead atoms. The van der Waals surface area contributed by atoms with Gasteiger partial charge in [-0.25, -0.2) is 0 Å². The molecule has 0 heterocycles. The Labute approximate surface area is 77.3 Å². The Morgan fingerprint density at radius 1 is 1.25 bits per heavy atom. The SMILES string of the molecule is CCc1cccc(O[SiH3])c1CC. The summed E-state index contributed by atoms with van der Waals surface area (Å²) in [6.07, 6.45) is 2.17. The monoisotopic (exact) mass is 180 g/mol. The lowest BCUT2D eigenvalue weighted by atomic mass is 10.0. The molecular weight excluding hydrogens is 164 g/mol. The predicted molar refractivity (Wildman–Crippen MR) is 55.8 cm³/mol. The molecule has 0 aromatic heterocycles. The van der Waals surface area contributed by atoms with E-state index in [-0.39, 0.29) is 0 Å². The first kappa shape index (κ1) is 9.33. The van der Waals surface area contributed by atoms with Gasteiger partial charge >= 0.3 is 0 Å². The fourth-order valence-electron chi connectivity index (χ4n) is 1.53. The third-order valence-corrected chi connectivity index (χ3v) is 2.62. The van der Waals surface area contributed by atoms with Gasteiger partial charge in [-0.15, -0.1) is 0 Å². The standard InChI is InChI=1S/C10H16OSi/c1-3-8-6-5-7-10(11-12)9(8)4-2/h5-7H,3-4H2,1-2,12H3. The first-order chi connectivity index (χ1) is 5.83. The van der Waals surface area contributed by atoms with Crippen molar-refractivity contribution in [2.24, 2.45) is 0 Å². The van der Waals surface area contributed by atoms with Gasteiger partial charge in [0.25, 0.3) is 0 Å². The van der Waals surface area contributed by atoms with Gasteiger partial charge in [0.15, 0.2) is 0 Å². The van der Waals surface area contributed by atoms with Gasteiger partial charge in [0.2, 0.25) is 10.5 Å². The normalized spacial score (nSPS) is 10.2. The van der Waals surface area contributed by atoms with Crippen molar-refractivity contribution in [3.8, 4) is 5.75 Å². The molecule has 0 aliphatic carbocycles. The van der Waals surface area contributed by atoms with Crippen LogP contribution in [0, 0.1) is 0 Å². The van der Waals surface area contributed by atoms with Gasteiger partial charge in [-0.1, -0.05) is 26.0 Å². The van der Waals surface area contributed by atoms with Crippen molar-refractivity contribution < 1.29 is 4.43 Å². The van der Waals surface area contributed by atoms with Crippen LogP contribution in [0.1, 0.15) is 25.0 Å². The first-order valence-corrected chi connectivity index (χ1v) is 5.29. The maximum atomic E-state index is 5.42. The zero-order valence-corrected chi connectivity index (χ0v) is 10.1. The highest BCUT2D eigenvalue weighted by atomic mass is 28.2. The molecule has 0 saturated heterocycles. The van der Waals surface area contributed by atoms with Crippen molar-refractivity contribution in [1.29, 1.82) is 0 Å². The van der Waals surface area contributed by atoms with E-state index >= 15 is 0 Å². The van der Waals surface area contributed by atoms with Crippen LogP contribution in [0.25, 0.3) is 0 Å². The molecule has 0 aliphatic rings. The molecule has 1 aromatic carbocycles. The number of aryl methyl sites for hydroxylation is 1. The van der Waals surface area contributed by atoms with Crippen molar-refractivity contribution in [1.82, 2.24) is 0 Å². The van der Waals surface area contributed by atoms with Crippen molar-refractivity contribution >= 4 is 10.5 Å². The average molecular weight is 180 g/mol. The third kappa shape index (κ3) is 1.69. The second-order valence-corrected chi connectivity index (χ2v) is 3.21. The smallest absolute Gasteiger partial charge is 0.204 e. The Bertz CT molecular complexity index is 236. The molecule has 2 heteroatoms. The van der Waals surface area contributed by atoms with Crippen LogP contribution in [-0.2, 0) is 12.8 Å². The lowest BCUT2D eigenvalue weighted by molar-refractivity contribution is 0.604. The highest BCUT2D eigenvalue weighted by Gasteiger charge is 2.03. The van der Waals surface area contributed by atoms with E-state index in [4.69, 9.17) is 4.43 Å². The largest absolute Gasteiger partial charge is 0.553 e. The zero-order valence-electron chi connectivity index (χ0n) is 8.05. The van der Waals surface area contributed by atoms with Gasteiger partial charge in [0.1, 0.15) is 5.75 Å². The van der Waals surface area contributed by atoms with Gasteiger partial charge in [-0.2, -0.15) is 0 Å². The Hall–Kier alpha value is -0.763. The molecule has 0 amide bonds. The minimum absolute atomic E-state index is 0.780. The molecule has 0 saturated carbocycles. The molecule has 0 radical (unpaired) electrons. The van der Waals surface area contributed by atoms with Crippen molar-refractivity contribution in [2.75, 3.05) is 0 Å². The van der Waals surface area contributed by atoms with Crippen LogP contribution in [0.5, 0.6) is 5.75 Å². The molecule has 0 aliphatic heterocycles. The Balaban J connectivity index is 3.13. The average Bonchev–Trinajstić information content (AvgIpc) is 2.16. The minimum Gasteiger partial charge on any atom is -0.553 e. The first-order valence-electron chi connectivity index (χ1n) is 4.48.